The molecule has 1 aliphatic rings. The standard InChI is InChI=1S/C11H17N5O3/c1-12-10-9(16(17)18)11(14-6-13-10)15-7-3-4-8(5-7)19-2/h6-8H,3-5H2,1-2H3,(H2,12,13,14,15). The Morgan fingerprint density at radius 3 is 2.74 bits per heavy atom. The lowest BCUT2D eigenvalue weighted by molar-refractivity contribution is -0.383. The second-order valence-electron chi connectivity index (χ2n) is 4.44. The van der Waals surface area contributed by atoms with Crippen LogP contribution in [0.1, 0.15) is 19.3 Å². The van der Waals surface area contributed by atoms with Crippen molar-refractivity contribution in [2.75, 3.05) is 24.8 Å². The van der Waals surface area contributed by atoms with Crippen LogP contribution >= 0.6 is 0 Å². The summed E-state index contributed by atoms with van der Waals surface area (Å²) in [6, 6.07) is 0.142. The minimum atomic E-state index is -0.475. The summed E-state index contributed by atoms with van der Waals surface area (Å²) in [4.78, 5) is 18.5. The molecule has 1 aromatic rings. The van der Waals surface area contributed by atoms with Gasteiger partial charge in [0, 0.05) is 20.2 Å². The molecule has 2 N–H and O–H groups in total. The zero-order chi connectivity index (χ0) is 13.8. The van der Waals surface area contributed by atoms with Crippen LogP contribution in [0.25, 0.3) is 0 Å². The Bertz CT molecular complexity index is 468. The van der Waals surface area contributed by atoms with E-state index in [-0.39, 0.29) is 29.5 Å². The van der Waals surface area contributed by atoms with Crippen molar-refractivity contribution in [3.63, 3.8) is 0 Å². The van der Waals surface area contributed by atoms with Crippen LogP contribution in [0.3, 0.4) is 0 Å². The molecule has 1 aliphatic carbocycles. The average Bonchev–Trinajstić information content (AvgIpc) is 2.85. The topological polar surface area (TPSA) is 102 Å². The van der Waals surface area contributed by atoms with Gasteiger partial charge in [-0.1, -0.05) is 0 Å². The Morgan fingerprint density at radius 1 is 1.42 bits per heavy atom. The molecule has 1 fully saturated rings. The maximum atomic E-state index is 11.1. The third kappa shape index (κ3) is 2.90. The van der Waals surface area contributed by atoms with Crippen LogP contribution in [0.15, 0.2) is 6.33 Å². The van der Waals surface area contributed by atoms with Crippen molar-refractivity contribution < 1.29 is 9.66 Å². The van der Waals surface area contributed by atoms with E-state index in [0.717, 1.165) is 19.3 Å². The number of aromatic nitrogens is 2. The maximum Gasteiger partial charge on any atom is 0.353 e. The van der Waals surface area contributed by atoms with Gasteiger partial charge in [-0.3, -0.25) is 10.1 Å². The SMILES string of the molecule is CNc1ncnc(NC2CCC(OC)C2)c1[N+](=O)[O-]. The summed E-state index contributed by atoms with van der Waals surface area (Å²) in [6.45, 7) is 0. The van der Waals surface area contributed by atoms with Crippen molar-refractivity contribution in [3.8, 4) is 0 Å². The monoisotopic (exact) mass is 267 g/mol. The van der Waals surface area contributed by atoms with Crippen LogP contribution in [0.5, 0.6) is 0 Å². The van der Waals surface area contributed by atoms with Gasteiger partial charge in [-0.25, -0.2) is 9.97 Å². The van der Waals surface area contributed by atoms with Crippen LogP contribution in [0.2, 0.25) is 0 Å². The Labute approximate surface area is 110 Å². The Kier molecular flexibility index (Phi) is 4.10. The molecule has 8 heteroatoms. The first-order valence-electron chi connectivity index (χ1n) is 6.12. The molecule has 0 saturated heterocycles. The van der Waals surface area contributed by atoms with Gasteiger partial charge in [-0.2, -0.15) is 0 Å². The molecule has 1 aromatic heterocycles. The second kappa shape index (κ2) is 5.79. The number of hydrogen-bond donors (Lipinski definition) is 2. The molecule has 0 amide bonds. The first-order chi connectivity index (χ1) is 9.15. The third-order valence-electron chi connectivity index (χ3n) is 3.30. The largest absolute Gasteiger partial charge is 0.381 e. The van der Waals surface area contributed by atoms with Crippen molar-refractivity contribution >= 4 is 17.3 Å². The highest BCUT2D eigenvalue weighted by atomic mass is 16.6. The van der Waals surface area contributed by atoms with E-state index in [0.29, 0.717) is 0 Å². The molecule has 1 saturated carbocycles. The van der Waals surface area contributed by atoms with Gasteiger partial charge in [-0.15, -0.1) is 0 Å². The fourth-order valence-corrected chi connectivity index (χ4v) is 2.32. The number of nitrogens with one attached hydrogen (secondary N) is 2. The zero-order valence-corrected chi connectivity index (χ0v) is 10.9. The summed E-state index contributed by atoms with van der Waals surface area (Å²) in [5.41, 5.74) is -0.120. The number of nitrogens with zero attached hydrogens (tertiary/aromatic N) is 3. The molecule has 0 aliphatic heterocycles. The molecular weight excluding hydrogens is 250 g/mol. The van der Waals surface area contributed by atoms with Gasteiger partial charge in [-0.05, 0) is 19.3 Å². The van der Waals surface area contributed by atoms with E-state index in [4.69, 9.17) is 4.74 Å². The van der Waals surface area contributed by atoms with E-state index < -0.39 is 4.92 Å². The summed E-state index contributed by atoms with van der Waals surface area (Å²) in [7, 11) is 3.27. The van der Waals surface area contributed by atoms with Gasteiger partial charge >= 0.3 is 5.69 Å². The molecule has 8 nitrogen and oxygen atoms in total. The lowest BCUT2D eigenvalue weighted by atomic mass is 10.2. The predicted octanol–water partition coefficient (Wildman–Crippen LogP) is 1.41. The lowest BCUT2D eigenvalue weighted by Crippen LogP contribution is -2.19. The zero-order valence-electron chi connectivity index (χ0n) is 10.9. The summed E-state index contributed by atoms with van der Waals surface area (Å²) in [5.74, 6) is 0.467. The van der Waals surface area contributed by atoms with Crippen LogP contribution in [0.4, 0.5) is 17.3 Å². The van der Waals surface area contributed by atoms with Gasteiger partial charge in [0.25, 0.3) is 0 Å². The fraction of sp³-hybridized carbons (Fsp3) is 0.636. The van der Waals surface area contributed by atoms with Crippen molar-refractivity contribution in [1.82, 2.24) is 9.97 Å². The molecule has 19 heavy (non-hydrogen) atoms. The maximum absolute atomic E-state index is 11.1. The summed E-state index contributed by atoms with van der Waals surface area (Å²) < 4.78 is 5.28. The van der Waals surface area contributed by atoms with Gasteiger partial charge < -0.3 is 15.4 Å². The van der Waals surface area contributed by atoms with E-state index in [1.54, 1.807) is 14.2 Å². The first kappa shape index (κ1) is 13.5. The van der Waals surface area contributed by atoms with E-state index in [1.807, 2.05) is 0 Å². The molecule has 0 bridgehead atoms. The smallest absolute Gasteiger partial charge is 0.353 e. The predicted molar refractivity (Wildman–Crippen MR) is 70.3 cm³/mol. The highest BCUT2D eigenvalue weighted by Crippen LogP contribution is 2.31. The van der Waals surface area contributed by atoms with Crippen LogP contribution in [-0.2, 0) is 4.74 Å². The fourth-order valence-electron chi connectivity index (χ4n) is 2.32. The minimum absolute atomic E-state index is 0.120. The van der Waals surface area contributed by atoms with Crippen LogP contribution < -0.4 is 10.6 Å². The molecule has 2 unspecified atom stereocenters. The third-order valence-corrected chi connectivity index (χ3v) is 3.30. The van der Waals surface area contributed by atoms with Crippen molar-refractivity contribution in [2.45, 2.75) is 31.4 Å². The van der Waals surface area contributed by atoms with Crippen molar-refractivity contribution in [2.24, 2.45) is 0 Å². The highest BCUT2D eigenvalue weighted by molar-refractivity contribution is 5.69. The van der Waals surface area contributed by atoms with Crippen molar-refractivity contribution in [1.29, 1.82) is 0 Å². The molecular formula is C11H17N5O3. The summed E-state index contributed by atoms with van der Waals surface area (Å²) in [5, 5.41) is 16.9. The molecule has 104 valence electrons. The van der Waals surface area contributed by atoms with Crippen LogP contribution in [-0.4, -0.2) is 41.2 Å². The number of ether oxygens (including phenoxy) is 1. The summed E-state index contributed by atoms with van der Waals surface area (Å²) >= 11 is 0. The Balaban J connectivity index is 2.18. The molecule has 1 heterocycles. The molecule has 0 spiro atoms. The van der Waals surface area contributed by atoms with E-state index in [1.165, 1.54) is 6.33 Å². The van der Waals surface area contributed by atoms with Gasteiger partial charge in [0.1, 0.15) is 6.33 Å². The number of anilines is 2. The van der Waals surface area contributed by atoms with E-state index in [9.17, 15) is 10.1 Å². The van der Waals surface area contributed by atoms with Gasteiger partial charge in [0.2, 0.25) is 11.6 Å². The van der Waals surface area contributed by atoms with E-state index >= 15 is 0 Å². The molecule has 0 radical (unpaired) electrons. The number of methoxy groups -OCH3 is 1. The molecule has 0 aromatic carbocycles. The average molecular weight is 267 g/mol. The first-order valence-corrected chi connectivity index (χ1v) is 6.12. The number of rotatable bonds is 5. The normalized spacial score (nSPS) is 22.2. The summed E-state index contributed by atoms with van der Waals surface area (Å²) in [6.07, 6.45) is 4.21. The van der Waals surface area contributed by atoms with E-state index in [2.05, 4.69) is 20.6 Å². The Morgan fingerprint density at radius 2 is 2.16 bits per heavy atom. The Hall–Kier alpha value is -1.96. The minimum Gasteiger partial charge on any atom is -0.381 e. The lowest BCUT2D eigenvalue weighted by Gasteiger charge is -2.14. The van der Waals surface area contributed by atoms with Gasteiger partial charge in [0.05, 0.1) is 11.0 Å². The number of nitro groups is 1. The quantitative estimate of drug-likeness (QED) is 0.614. The molecule has 2 atom stereocenters. The number of hydrogen-bond acceptors (Lipinski definition) is 7. The van der Waals surface area contributed by atoms with Crippen molar-refractivity contribution in [3.05, 3.63) is 16.4 Å². The second-order valence-corrected chi connectivity index (χ2v) is 4.44. The highest BCUT2D eigenvalue weighted by Gasteiger charge is 2.28. The molecule has 2 rings (SSSR count). The van der Waals surface area contributed by atoms with Crippen LogP contribution in [0, 0.1) is 10.1 Å². The van der Waals surface area contributed by atoms with Gasteiger partial charge in [0.15, 0.2) is 0 Å².